The van der Waals surface area contributed by atoms with Crippen LogP contribution in [0.5, 0.6) is 5.75 Å². The Balaban J connectivity index is 2.92. The lowest BCUT2D eigenvalue weighted by atomic mass is 9.99. The fourth-order valence-corrected chi connectivity index (χ4v) is 1.74. The minimum atomic E-state index is 0.0241. The van der Waals surface area contributed by atoms with Gasteiger partial charge in [0.15, 0.2) is 0 Å². The van der Waals surface area contributed by atoms with Crippen LogP contribution in [0.3, 0.4) is 0 Å². The number of rotatable bonds is 4. The first kappa shape index (κ1) is 13.0. The summed E-state index contributed by atoms with van der Waals surface area (Å²) in [7, 11) is 0. The zero-order chi connectivity index (χ0) is 12.3. The Kier molecular flexibility index (Phi) is 4.33. The molecule has 1 aromatic carbocycles. The van der Waals surface area contributed by atoms with Crippen LogP contribution in [0, 0.1) is 13.8 Å². The molecule has 1 unspecified atom stereocenters. The van der Waals surface area contributed by atoms with E-state index in [0.717, 1.165) is 16.7 Å². The zero-order valence-corrected chi connectivity index (χ0v) is 10.4. The van der Waals surface area contributed by atoms with Crippen molar-refractivity contribution in [1.29, 1.82) is 0 Å². The number of hydrogen-bond acceptors (Lipinski definition) is 3. The van der Waals surface area contributed by atoms with Crippen molar-refractivity contribution in [2.24, 2.45) is 0 Å². The van der Waals surface area contributed by atoms with Crippen molar-refractivity contribution in [1.82, 2.24) is 5.32 Å². The molecule has 90 valence electrons. The molecule has 0 aliphatic heterocycles. The van der Waals surface area contributed by atoms with E-state index in [1.54, 1.807) is 0 Å². The molecule has 2 atom stereocenters. The molecule has 0 aliphatic carbocycles. The van der Waals surface area contributed by atoms with E-state index in [0.29, 0.717) is 5.75 Å². The highest BCUT2D eigenvalue weighted by Gasteiger charge is 2.14. The lowest BCUT2D eigenvalue weighted by molar-refractivity contribution is 0.242. The molecular formula is C13H21NO2. The van der Waals surface area contributed by atoms with E-state index in [4.69, 9.17) is 5.11 Å². The average Bonchev–Trinajstić information content (AvgIpc) is 2.25. The molecule has 0 bridgehead atoms. The number of aliphatic hydroxyl groups excluding tert-OH is 1. The Hall–Kier alpha value is -1.06. The summed E-state index contributed by atoms with van der Waals surface area (Å²) in [5.41, 5.74) is 2.88. The lowest BCUT2D eigenvalue weighted by Gasteiger charge is -2.20. The quantitative estimate of drug-likeness (QED) is 0.732. The van der Waals surface area contributed by atoms with Crippen LogP contribution < -0.4 is 5.32 Å². The Morgan fingerprint density at radius 2 is 1.88 bits per heavy atom. The summed E-state index contributed by atoms with van der Waals surface area (Å²) in [6.45, 7) is 7.88. The van der Waals surface area contributed by atoms with E-state index >= 15 is 0 Å². The molecule has 0 amide bonds. The van der Waals surface area contributed by atoms with Gasteiger partial charge in [-0.15, -0.1) is 0 Å². The summed E-state index contributed by atoms with van der Waals surface area (Å²) in [5, 5.41) is 22.2. The predicted molar refractivity (Wildman–Crippen MR) is 65.7 cm³/mol. The monoisotopic (exact) mass is 223 g/mol. The predicted octanol–water partition coefficient (Wildman–Crippen LogP) is 2.04. The first-order valence-electron chi connectivity index (χ1n) is 5.63. The Morgan fingerprint density at radius 3 is 2.44 bits per heavy atom. The third kappa shape index (κ3) is 2.74. The van der Waals surface area contributed by atoms with Crippen LogP contribution in [0.2, 0.25) is 0 Å². The molecule has 0 heterocycles. The SMILES string of the molecule is Cc1ccc(C(C)N[C@@H](C)CO)c(O)c1C. The van der Waals surface area contributed by atoms with Crippen molar-refractivity contribution in [2.45, 2.75) is 39.8 Å². The largest absolute Gasteiger partial charge is 0.507 e. The first-order chi connectivity index (χ1) is 7.47. The van der Waals surface area contributed by atoms with E-state index in [2.05, 4.69) is 5.32 Å². The van der Waals surface area contributed by atoms with Crippen molar-refractivity contribution in [3.8, 4) is 5.75 Å². The highest BCUT2D eigenvalue weighted by molar-refractivity contribution is 5.45. The molecular weight excluding hydrogens is 202 g/mol. The maximum atomic E-state index is 10.0. The second kappa shape index (κ2) is 5.32. The summed E-state index contributed by atoms with van der Waals surface area (Å²) < 4.78 is 0. The van der Waals surface area contributed by atoms with Crippen LogP contribution in [0.4, 0.5) is 0 Å². The van der Waals surface area contributed by atoms with Crippen LogP contribution in [-0.2, 0) is 0 Å². The van der Waals surface area contributed by atoms with Gasteiger partial charge in [-0.1, -0.05) is 12.1 Å². The highest BCUT2D eigenvalue weighted by atomic mass is 16.3. The van der Waals surface area contributed by atoms with Crippen LogP contribution >= 0.6 is 0 Å². The van der Waals surface area contributed by atoms with Crippen molar-refractivity contribution < 1.29 is 10.2 Å². The summed E-state index contributed by atoms with van der Waals surface area (Å²) in [6, 6.07) is 3.99. The van der Waals surface area contributed by atoms with Gasteiger partial charge in [0.25, 0.3) is 0 Å². The molecule has 1 rings (SSSR count). The molecule has 3 nitrogen and oxygen atoms in total. The summed E-state index contributed by atoms with van der Waals surface area (Å²) in [4.78, 5) is 0. The van der Waals surface area contributed by atoms with Gasteiger partial charge in [-0.25, -0.2) is 0 Å². The fourth-order valence-electron chi connectivity index (χ4n) is 1.74. The summed E-state index contributed by atoms with van der Waals surface area (Å²) in [5.74, 6) is 0.352. The molecule has 0 aromatic heterocycles. The zero-order valence-electron chi connectivity index (χ0n) is 10.4. The maximum absolute atomic E-state index is 10.0. The topological polar surface area (TPSA) is 52.5 Å². The molecule has 0 radical (unpaired) electrons. The number of nitrogens with one attached hydrogen (secondary N) is 1. The van der Waals surface area contributed by atoms with E-state index in [9.17, 15) is 5.11 Å². The number of benzene rings is 1. The maximum Gasteiger partial charge on any atom is 0.123 e. The van der Waals surface area contributed by atoms with Crippen LogP contribution in [0.1, 0.15) is 36.6 Å². The molecule has 1 aromatic rings. The van der Waals surface area contributed by atoms with E-state index < -0.39 is 0 Å². The van der Waals surface area contributed by atoms with Gasteiger partial charge in [0.1, 0.15) is 5.75 Å². The number of hydrogen-bond donors (Lipinski definition) is 3. The molecule has 0 saturated heterocycles. The van der Waals surface area contributed by atoms with Gasteiger partial charge in [-0.05, 0) is 38.8 Å². The molecule has 0 spiro atoms. The minimum absolute atomic E-state index is 0.0241. The van der Waals surface area contributed by atoms with Crippen molar-refractivity contribution >= 4 is 0 Å². The lowest BCUT2D eigenvalue weighted by Crippen LogP contribution is -2.31. The van der Waals surface area contributed by atoms with Gasteiger partial charge in [-0.2, -0.15) is 0 Å². The van der Waals surface area contributed by atoms with Gasteiger partial charge in [0, 0.05) is 17.6 Å². The third-order valence-electron chi connectivity index (χ3n) is 3.01. The second-order valence-electron chi connectivity index (χ2n) is 4.42. The van der Waals surface area contributed by atoms with E-state index in [1.807, 2.05) is 39.8 Å². The standard InChI is InChI=1S/C13H21NO2/c1-8-5-6-12(13(16)10(8)3)11(4)14-9(2)7-15/h5-6,9,11,14-16H,7H2,1-4H3/t9-,11?/m0/s1. The Bertz CT molecular complexity index is 363. The molecule has 0 saturated carbocycles. The number of aliphatic hydroxyl groups is 1. The van der Waals surface area contributed by atoms with Crippen molar-refractivity contribution in [3.63, 3.8) is 0 Å². The average molecular weight is 223 g/mol. The number of aromatic hydroxyl groups is 1. The fraction of sp³-hybridized carbons (Fsp3) is 0.538. The molecule has 3 N–H and O–H groups in total. The summed E-state index contributed by atoms with van der Waals surface area (Å²) in [6.07, 6.45) is 0. The summed E-state index contributed by atoms with van der Waals surface area (Å²) >= 11 is 0. The first-order valence-corrected chi connectivity index (χ1v) is 5.63. The highest BCUT2D eigenvalue weighted by Crippen LogP contribution is 2.29. The van der Waals surface area contributed by atoms with E-state index in [-0.39, 0.29) is 18.7 Å². The van der Waals surface area contributed by atoms with Crippen molar-refractivity contribution in [2.75, 3.05) is 6.61 Å². The van der Waals surface area contributed by atoms with Crippen LogP contribution in [-0.4, -0.2) is 22.9 Å². The number of phenolic OH excluding ortho intramolecular Hbond substituents is 1. The molecule has 16 heavy (non-hydrogen) atoms. The van der Waals surface area contributed by atoms with Crippen molar-refractivity contribution in [3.05, 3.63) is 28.8 Å². The van der Waals surface area contributed by atoms with Crippen LogP contribution in [0.25, 0.3) is 0 Å². The smallest absolute Gasteiger partial charge is 0.123 e. The molecule has 3 heteroatoms. The Morgan fingerprint density at radius 1 is 1.25 bits per heavy atom. The van der Waals surface area contributed by atoms with Gasteiger partial charge in [0.05, 0.1) is 6.61 Å². The number of aryl methyl sites for hydroxylation is 1. The molecule has 0 fully saturated rings. The van der Waals surface area contributed by atoms with Gasteiger partial charge < -0.3 is 15.5 Å². The van der Waals surface area contributed by atoms with Gasteiger partial charge in [-0.3, -0.25) is 0 Å². The number of phenols is 1. The van der Waals surface area contributed by atoms with Gasteiger partial charge in [0.2, 0.25) is 0 Å². The third-order valence-corrected chi connectivity index (χ3v) is 3.01. The Labute approximate surface area is 97.1 Å². The second-order valence-corrected chi connectivity index (χ2v) is 4.42. The van der Waals surface area contributed by atoms with Crippen LogP contribution in [0.15, 0.2) is 12.1 Å². The normalized spacial score (nSPS) is 14.8. The molecule has 0 aliphatic rings. The minimum Gasteiger partial charge on any atom is -0.507 e. The van der Waals surface area contributed by atoms with Gasteiger partial charge >= 0.3 is 0 Å². The van der Waals surface area contributed by atoms with E-state index in [1.165, 1.54) is 0 Å².